The van der Waals surface area contributed by atoms with E-state index in [4.69, 9.17) is 14.2 Å². The van der Waals surface area contributed by atoms with E-state index in [1.165, 1.54) is 0 Å². The Labute approximate surface area is 205 Å². The maximum atomic E-state index is 12.6. The summed E-state index contributed by atoms with van der Waals surface area (Å²) in [7, 11) is 5.29. The summed E-state index contributed by atoms with van der Waals surface area (Å²) in [4.78, 5) is 26.6. The summed E-state index contributed by atoms with van der Waals surface area (Å²) in [5, 5.41) is 15.8. The van der Waals surface area contributed by atoms with Crippen molar-refractivity contribution >= 4 is 17.5 Å². The van der Waals surface area contributed by atoms with Crippen LogP contribution in [0.15, 0.2) is 42.5 Å². The van der Waals surface area contributed by atoms with Crippen LogP contribution in [0.1, 0.15) is 29.9 Å². The topological polar surface area (TPSA) is 109 Å². The Kier molecular flexibility index (Phi) is 7.90. The van der Waals surface area contributed by atoms with Gasteiger partial charge in [-0.25, -0.2) is 0 Å². The third kappa shape index (κ3) is 6.11. The molecule has 2 aliphatic heterocycles. The molecule has 3 N–H and O–H groups in total. The average Bonchev–Trinajstić information content (AvgIpc) is 3.20. The molecule has 9 nitrogen and oxygen atoms in total. The van der Waals surface area contributed by atoms with Crippen molar-refractivity contribution in [2.24, 2.45) is 0 Å². The Balaban J connectivity index is 1.39. The normalized spacial score (nSPS) is 22.7. The first-order chi connectivity index (χ1) is 16.9. The SMILES string of the molecule is COc1ccc(CNC(=O)C[C@@H]2C[C@H]3c4cc(NC(=O)CN(C)C)ccc4O[C@H]3[C@@H](CO)O2)cc1. The minimum Gasteiger partial charge on any atom is -0.497 e. The predicted molar refractivity (Wildman–Crippen MR) is 131 cm³/mol. The number of aliphatic hydroxyl groups is 1. The molecule has 0 saturated carbocycles. The van der Waals surface area contributed by atoms with E-state index in [1.807, 2.05) is 56.6 Å². The van der Waals surface area contributed by atoms with Crippen LogP contribution >= 0.6 is 0 Å². The quantitative estimate of drug-likeness (QED) is 0.500. The molecule has 188 valence electrons. The molecule has 1 saturated heterocycles. The zero-order valence-electron chi connectivity index (χ0n) is 20.3. The Morgan fingerprint density at radius 2 is 1.91 bits per heavy atom. The van der Waals surface area contributed by atoms with Gasteiger partial charge in [0.1, 0.15) is 23.7 Å². The van der Waals surface area contributed by atoms with Crippen molar-refractivity contribution in [3.8, 4) is 11.5 Å². The Morgan fingerprint density at radius 3 is 2.60 bits per heavy atom. The second kappa shape index (κ2) is 11.1. The number of fused-ring (bicyclic) bond motifs is 3. The molecule has 2 aliphatic rings. The Bertz CT molecular complexity index is 1040. The first kappa shape index (κ1) is 25.0. The van der Waals surface area contributed by atoms with Crippen LogP contribution in [0.5, 0.6) is 11.5 Å². The van der Waals surface area contributed by atoms with E-state index >= 15 is 0 Å². The standard InChI is InChI=1S/C26H33N3O6/c1-29(2)14-25(32)28-17-6-9-22-20(10-17)21-11-19(34-23(15-30)26(21)35-22)12-24(31)27-13-16-4-7-18(33-3)8-5-16/h4-10,19,21,23,26,30H,11-15H2,1-3H3,(H,27,31)(H,28,32)/t19-,21-,23+,26+/m0/s1. The van der Waals surface area contributed by atoms with Crippen LogP contribution in [-0.4, -0.2) is 74.5 Å². The number of hydrogen-bond acceptors (Lipinski definition) is 7. The zero-order valence-corrected chi connectivity index (χ0v) is 20.3. The molecule has 2 aromatic rings. The van der Waals surface area contributed by atoms with Crippen LogP contribution in [-0.2, 0) is 20.9 Å². The van der Waals surface area contributed by atoms with Gasteiger partial charge in [0, 0.05) is 23.7 Å². The molecule has 0 radical (unpaired) electrons. The molecule has 2 aromatic carbocycles. The molecule has 9 heteroatoms. The van der Waals surface area contributed by atoms with Gasteiger partial charge in [-0.3, -0.25) is 9.59 Å². The van der Waals surface area contributed by atoms with Crippen molar-refractivity contribution in [2.45, 2.75) is 43.6 Å². The van der Waals surface area contributed by atoms with Gasteiger partial charge in [0.15, 0.2) is 0 Å². The van der Waals surface area contributed by atoms with Gasteiger partial charge in [-0.2, -0.15) is 0 Å². The predicted octanol–water partition coefficient (Wildman–Crippen LogP) is 1.90. The number of rotatable bonds is 9. The molecule has 2 heterocycles. The second-order valence-electron chi connectivity index (χ2n) is 9.27. The molecule has 4 rings (SSSR count). The van der Waals surface area contributed by atoms with Gasteiger partial charge in [-0.1, -0.05) is 12.1 Å². The van der Waals surface area contributed by atoms with Gasteiger partial charge < -0.3 is 34.9 Å². The maximum absolute atomic E-state index is 12.6. The number of carbonyl (C=O) groups excluding carboxylic acids is 2. The molecule has 0 bridgehead atoms. The van der Waals surface area contributed by atoms with E-state index in [-0.39, 0.29) is 49.5 Å². The number of hydrogen-bond donors (Lipinski definition) is 3. The van der Waals surface area contributed by atoms with Crippen LogP contribution in [0, 0.1) is 0 Å². The molecule has 4 atom stereocenters. The number of methoxy groups -OCH3 is 1. The van der Waals surface area contributed by atoms with Gasteiger partial charge in [-0.05, 0) is 56.4 Å². The van der Waals surface area contributed by atoms with Crippen molar-refractivity contribution in [1.29, 1.82) is 0 Å². The van der Waals surface area contributed by atoms with Crippen LogP contribution in [0.3, 0.4) is 0 Å². The monoisotopic (exact) mass is 483 g/mol. The summed E-state index contributed by atoms with van der Waals surface area (Å²) in [6, 6.07) is 13.1. The first-order valence-electron chi connectivity index (χ1n) is 11.8. The summed E-state index contributed by atoms with van der Waals surface area (Å²) in [6.45, 7) is 0.492. The fraction of sp³-hybridized carbons (Fsp3) is 0.462. The van der Waals surface area contributed by atoms with Crippen molar-refractivity contribution < 1.29 is 28.9 Å². The van der Waals surface area contributed by atoms with E-state index in [0.717, 1.165) is 22.6 Å². The van der Waals surface area contributed by atoms with Gasteiger partial charge in [-0.15, -0.1) is 0 Å². The molecule has 2 amide bonds. The molecular weight excluding hydrogens is 450 g/mol. The van der Waals surface area contributed by atoms with E-state index < -0.39 is 6.10 Å². The van der Waals surface area contributed by atoms with E-state index in [1.54, 1.807) is 12.0 Å². The van der Waals surface area contributed by atoms with Crippen molar-refractivity contribution in [1.82, 2.24) is 10.2 Å². The maximum Gasteiger partial charge on any atom is 0.238 e. The number of anilines is 1. The number of amides is 2. The summed E-state index contributed by atoms with van der Waals surface area (Å²) in [6.07, 6.45) is -0.455. The summed E-state index contributed by atoms with van der Waals surface area (Å²) < 4.78 is 17.3. The number of ether oxygens (including phenoxy) is 3. The van der Waals surface area contributed by atoms with E-state index in [2.05, 4.69) is 10.6 Å². The van der Waals surface area contributed by atoms with Gasteiger partial charge >= 0.3 is 0 Å². The Hall–Kier alpha value is -3.14. The fourth-order valence-corrected chi connectivity index (χ4v) is 4.68. The van der Waals surface area contributed by atoms with Crippen molar-refractivity contribution in [3.63, 3.8) is 0 Å². The largest absolute Gasteiger partial charge is 0.497 e. The molecule has 0 unspecified atom stereocenters. The molecule has 0 spiro atoms. The van der Waals surface area contributed by atoms with E-state index in [0.29, 0.717) is 18.7 Å². The Morgan fingerprint density at radius 1 is 1.14 bits per heavy atom. The highest BCUT2D eigenvalue weighted by atomic mass is 16.6. The minimum atomic E-state index is -0.535. The highest BCUT2D eigenvalue weighted by Crippen LogP contribution is 2.47. The second-order valence-corrected chi connectivity index (χ2v) is 9.27. The average molecular weight is 484 g/mol. The smallest absolute Gasteiger partial charge is 0.238 e. The number of benzene rings is 2. The lowest BCUT2D eigenvalue weighted by atomic mass is 9.84. The van der Waals surface area contributed by atoms with Crippen LogP contribution in [0.25, 0.3) is 0 Å². The van der Waals surface area contributed by atoms with Crippen molar-refractivity contribution in [2.75, 3.05) is 39.7 Å². The van der Waals surface area contributed by atoms with Gasteiger partial charge in [0.2, 0.25) is 11.8 Å². The highest BCUT2D eigenvalue weighted by molar-refractivity contribution is 5.92. The highest BCUT2D eigenvalue weighted by Gasteiger charge is 2.46. The lowest BCUT2D eigenvalue weighted by molar-refractivity contribution is -0.142. The zero-order chi connectivity index (χ0) is 24.9. The van der Waals surface area contributed by atoms with Crippen molar-refractivity contribution in [3.05, 3.63) is 53.6 Å². The first-order valence-corrected chi connectivity index (χ1v) is 11.8. The lowest BCUT2D eigenvalue weighted by Gasteiger charge is -2.37. The third-order valence-corrected chi connectivity index (χ3v) is 6.30. The molecule has 35 heavy (non-hydrogen) atoms. The summed E-state index contributed by atoms with van der Waals surface area (Å²) in [5.74, 6) is 1.22. The van der Waals surface area contributed by atoms with E-state index in [9.17, 15) is 14.7 Å². The van der Waals surface area contributed by atoms with Gasteiger partial charge in [0.25, 0.3) is 0 Å². The van der Waals surface area contributed by atoms with Crippen LogP contribution < -0.4 is 20.1 Å². The molecule has 0 aliphatic carbocycles. The minimum absolute atomic E-state index is 0.0408. The molecule has 0 aromatic heterocycles. The number of carbonyl (C=O) groups is 2. The van der Waals surface area contributed by atoms with Crippen LogP contribution in [0.4, 0.5) is 5.69 Å². The molecular formula is C26H33N3O6. The lowest BCUT2D eigenvalue weighted by Crippen LogP contribution is -2.47. The third-order valence-electron chi connectivity index (χ3n) is 6.30. The molecule has 1 fully saturated rings. The number of nitrogens with one attached hydrogen (secondary N) is 2. The summed E-state index contributed by atoms with van der Waals surface area (Å²) >= 11 is 0. The fourth-order valence-electron chi connectivity index (χ4n) is 4.68. The number of likely N-dealkylation sites (N-methyl/N-ethyl adjacent to an activating group) is 1. The number of nitrogens with zero attached hydrogens (tertiary/aromatic N) is 1. The van der Waals surface area contributed by atoms with Crippen LogP contribution in [0.2, 0.25) is 0 Å². The number of aliphatic hydroxyl groups excluding tert-OH is 1. The summed E-state index contributed by atoms with van der Waals surface area (Å²) in [5.41, 5.74) is 2.63. The van der Waals surface area contributed by atoms with Gasteiger partial charge in [0.05, 0.1) is 32.8 Å².